The molecule has 28 heavy (non-hydrogen) atoms. The van der Waals surface area contributed by atoms with E-state index in [2.05, 4.69) is 45.7 Å². The van der Waals surface area contributed by atoms with Gasteiger partial charge >= 0.3 is 0 Å². The summed E-state index contributed by atoms with van der Waals surface area (Å²) < 4.78 is 2.29. The molecule has 5 heteroatoms. The number of rotatable bonds is 10. The molecular weight excluding hydrogens is 348 g/mol. The Bertz CT molecular complexity index is 831. The van der Waals surface area contributed by atoms with Crippen molar-refractivity contribution in [2.24, 2.45) is 5.92 Å². The summed E-state index contributed by atoms with van der Waals surface area (Å²) in [7, 11) is 0. The predicted octanol–water partition coefficient (Wildman–Crippen LogP) is 4.64. The van der Waals surface area contributed by atoms with E-state index in [9.17, 15) is 5.11 Å². The summed E-state index contributed by atoms with van der Waals surface area (Å²) >= 11 is 0. The number of aromatic amines is 1. The molecule has 0 radical (unpaired) electrons. The Labute approximate surface area is 167 Å². The quantitative estimate of drug-likeness (QED) is 0.539. The number of aliphatic hydroxyl groups is 1. The van der Waals surface area contributed by atoms with Gasteiger partial charge in [-0.15, -0.1) is 0 Å². The normalized spacial score (nSPS) is 13.0. The third kappa shape index (κ3) is 5.80. The molecule has 3 rings (SSSR count). The summed E-state index contributed by atoms with van der Waals surface area (Å²) in [5, 5.41) is 9.96. The number of H-pyrrole nitrogens is 1. The van der Waals surface area contributed by atoms with Crippen molar-refractivity contribution >= 4 is 0 Å². The van der Waals surface area contributed by atoms with Crippen molar-refractivity contribution in [3.05, 3.63) is 60.6 Å². The van der Waals surface area contributed by atoms with Gasteiger partial charge in [0.15, 0.2) is 0 Å². The van der Waals surface area contributed by atoms with E-state index in [0.29, 0.717) is 5.92 Å². The molecule has 1 atom stereocenters. The number of hydrogen-bond acceptors (Lipinski definition) is 3. The summed E-state index contributed by atoms with van der Waals surface area (Å²) in [4.78, 5) is 12.0. The Morgan fingerprint density at radius 2 is 2.00 bits per heavy atom. The van der Waals surface area contributed by atoms with Gasteiger partial charge < -0.3 is 14.7 Å². The first kappa shape index (κ1) is 20.3. The van der Waals surface area contributed by atoms with Crippen molar-refractivity contribution in [3.8, 4) is 11.3 Å². The summed E-state index contributed by atoms with van der Waals surface area (Å²) in [6, 6.07) is 10.4. The van der Waals surface area contributed by atoms with Gasteiger partial charge in [0.25, 0.3) is 0 Å². The number of hydrogen-bond donors (Lipinski definition) is 2. The highest BCUT2D eigenvalue weighted by Gasteiger charge is 2.17. The van der Waals surface area contributed by atoms with Crippen LogP contribution in [0.4, 0.5) is 0 Å². The number of benzene rings is 1. The standard InChI is InChI=1S/C23H32N4O/c1-18(8-7-12-23(2,3)28)14-21-22(19-9-5-4-6-10-19)26-17-27(21)13-11-20-15-24-16-25-20/h4-6,9-10,15-18,28H,7-8,11-14H2,1-3H3,(H,24,25)/t18-/m0/s1. The molecule has 150 valence electrons. The minimum absolute atomic E-state index is 0.535. The zero-order chi connectivity index (χ0) is 20.0. The van der Waals surface area contributed by atoms with Crippen LogP contribution in [0, 0.1) is 5.92 Å². The van der Waals surface area contributed by atoms with Gasteiger partial charge in [-0.05, 0) is 32.6 Å². The fourth-order valence-electron chi connectivity index (χ4n) is 3.63. The first-order chi connectivity index (χ1) is 13.4. The SMILES string of the molecule is C[C@@H](CCCC(C)(C)O)Cc1c(-c2ccccc2)ncn1CCc1cnc[nH]1. The lowest BCUT2D eigenvalue weighted by molar-refractivity contribution is 0.0670. The second-order valence-corrected chi connectivity index (χ2v) is 8.44. The second-order valence-electron chi connectivity index (χ2n) is 8.44. The molecular formula is C23H32N4O. The van der Waals surface area contributed by atoms with Crippen LogP contribution < -0.4 is 0 Å². The van der Waals surface area contributed by atoms with E-state index in [-0.39, 0.29) is 0 Å². The van der Waals surface area contributed by atoms with Crippen LogP contribution in [-0.2, 0) is 19.4 Å². The first-order valence-electron chi connectivity index (χ1n) is 10.2. The Hall–Kier alpha value is -2.40. The van der Waals surface area contributed by atoms with Gasteiger partial charge in [0, 0.05) is 36.1 Å². The van der Waals surface area contributed by atoms with E-state index >= 15 is 0 Å². The summed E-state index contributed by atoms with van der Waals surface area (Å²) in [5.41, 5.74) is 4.10. The van der Waals surface area contributed by atoms with E-state index in [1.165, 1.54) is 11.3 Å². The van der Waals surface area contributed by atoms with Gasteiger partial charge in [0.2, 0.25) is 0 Å². The number of nitrogens with zero attached hydrogens (tertiary/aromatic N) is 3. The molecule has 0 saturated heterocycles. The van der Waals surface area contributed by atoms with E-state index in [1.54, 1.807) is 6.33 Å². The Morgan fingerprint density at radius 3 is 2.68 bits per heavy atom. The number of nitrogens with one attached hydrogen (secondary N) is 1. The van der Waals surface area contributed by atoms with Crippen LogP contribution in [0.1, 0.15) is 51.4 Å². The molecule has 0 aliphatic carbocycles. The number of aromatic nitrogens is 4. The summed E-state index contributed by atoms with van der Waals surface area (Å²) in [6.45, 7) is 6.95. The van der Waals surface area contributed by atoms with Crippen molar-refractivity contribution in [2.45, 2.75) is 65.0 Å². The maximum absolute atomic E-state index is 9.96. The fraction of sp³-hybridized carbons (Fsp3) is 0.478. The molecule has 0 aliphatic heterocycles. The zero-order valence-corrected chi connectivity index (χ0v) is 17.2. The van der Waals surface area contributed by atoms with Gasteiger partial charge in [-0.2, -0.15) is 0 Å². The smallest absolute Gasteiger partial charge is 0.0956 e. The molecule has 1 aromatic carbocycles. The van der Waals surface area contributed by atoms with Gasteiger partial charge in [-0.25, -0.2) is 9.97 Å². The molecule has 0 saturated carbocycles. The molecule has 0 fully saturated rings. The molecule has 2 aromatic heterocycles. The van der Waals surface area contributed by atoms with Crippen molar-refractivity contribution in [1.82, 2.24) is 19.5 Å². The van der Waals surface area contributed by atoms with E-state index < -0.39 is 5.60 Å². The monoisotopic (exact) mass is 380 g/mol. The maximum Gasteiger partial charge on any atom is 0.0956 e. The van der Waals surface area contributed by atoms with Crippen molar-refractivity contribution in [1.29, 1.82) is 0 Å². The molecule has 2 heterocycles. The molecule has 5 nitrogen and oxygen atoms in total. The Balaban J connectivity index is 1.74. The second kappa shape index (κ2) is 9.20. The minimum Gasteiger partial charge on any atom is -0.390 e. The largest absolute Gasteiger partial charge is 0.390 e. The lowest BCUT2D eigenvalue weighted by atomic mass is 9.93. The summed E-state index contributed by atoms with van der Waals surface area (Å²) in [6.07, 6.45) is 10.4. The third-order valence-electron chi connectivity index (χ3n) is 5.20. The van der Waals surface area contributed by atoms with Crippen LogP contribution in [0.15, 0.2) is 49.2 Å². The van der Waals surface area contributed by atoms with Crippen molar-refractivity contribution in [3.63, 3.8) is 0 Å². The van der Waals surface area contributed by atoms with Crippen molar-refractivity contribution < 1.29 is 5.11 Å². The van der Waals surface area contributed by atoms with Crippen LogP contribution >= 0.6 is 0 Å². The van der Waals surface area contributed by atoms with Gasteiger partial charge in [0.1, 0.15) is 0 Å². The van der Waals surface area contributed by atoms with Gasteiger partial charge in [-0.3, -0.25) is 0 Å². The van der Waals surface area contributed by atoms with Crippen LogP contribution in [-0.4, -0.2) is 30.2 Å². The van der Waals surface area contributed by atoms with Crippen LogP contribution in [0.5, 0.6) is 0 Å². The fourth-order valence-corrected chi connectivity index (χ4v) is 3.63. The minimum atomic E-state index is -0.583. The average Bonchev–Trinajstić information content (AvgIpc) is 3.29. The molecule has 0 unspecified atom stereocenters. The van der Waals surface area contributed by atoms with Crippen LogP contribution in [0.2, 0.25) is 0 Å². The first-order valence-corrected chi connectivity index (χ1v) is 10.2. The molecule has 0 amide bonds. The molecule has 3 aromatic rings. The van der Waals surface area contributed by atoms with Gasteiger partial charge in [0.05, 0.1) is 23.9 Å². The van der Waals surface area contributed by atoms with Crippen LogP contribution in [0.25, 0.3) is 11.3 Å². The lowest BCUT2D eigenvalue weighted by Gasteiger charge is -2.19. The zero-order valence-electron chi connectivity index (χ0n) is 17.2. The highest BCUT2D eigenvalue weighted by atomic mass is 16.3. The summed E-state index contributed by atoms with van der Waals surface area (Å²) in [5.74, 6) is 0.535. The van der Waals surface area contributed by atoms with Crippen molar-refractivity contribution in [2.75, 3.05) is 0 Å². The number of aryl methyl sites for hydroxylation is 2. The van der Waals surface area contributed by atoms with E-state index in [4.69, 9.17) is 4.98 Å². The van der Waals surface area contributed by atoms with Gasteiger partial charge in [-0.1, -0.05) is 50.1 Å². The lowest BCUT2D eigenvalue weighted by Crippen LogP contribution is -2.18. The van der Waals surface area contributed by atoms with Crippen LogP contribution in [0.3, 0.4) is 0 Å². The molecule has 0 spiro atoms. The third-order valence-corrected chi connectivity index (χ3v) is 5.20. The highest BCUT2D eigenvalue weighted by molar-refractivity contribution is 5.61. The Kier molecular flexibility index (Phi) is 6.68. The number of imidazole rings is 2. The molecule has 0 bridgehead atoms. The topological polar surface area (TPSA) is 66.7 Å². The van der Waals surface area contributed by atoms with E-state index in [1.807, 2.05) is 32.4 Å². The predicted molar refractivity (Wildman–Crippen MR) is 113 cm³/mol. The highest BCUT2D eigenvalue weighted by Crippen LogP contribution is 2.26. The maximum atomic E-state index is 9.96. The Morgan fingerprint density at radius 1 is 1.21 bits per heavy atom. The molecule has 0 aliphatic rings. The van der Waals surface area contributed by atoms with E-state index in [0.717, 1.165) is 50.0 Å². The molecule has 2 N–H and O–H groups in total. The average molecular weight is 381 g/mol.